The van der Waals surface area contributed by atoms with Gasteiger partial charge < -0.3 is 18.9 Å². The fourth-order valence-electron chi connectivity index (χ4n) is 9.78. The molecular weight excluding hydrogens is 1130 g/mol. The van der Waals surface area contributed by atoms with E-state index in [1.54, 1.807) is 0 Å². The summed E-state index contributed by atoms with van der Waals surface area (Å²) in [5.41, 5.74) is 0. The molecular formula is C80H137NO8P+. The summed E-state index contributed by atoms with van der Waals surface area (Å²) < 4.78 is 34.7. The lowest BCUT2D eigenvalue weighted by atomic mass is 10.0. The number of phosphoric ester groups is 1. The van der Waals surface area contributed by atoms with Gasteiger partial charge in [-0.05, 0) is 122 Å². The monoisotopic (exact) mass is 1270 g/mol. The first-order valence-electron chi connectivity index (χ1n) is 36.6. The predicted octanol–water partition coefficient (Wildman–Crippen LogP) is 24.2. The zero-order chi connectivity index (χ0) is 65.5. The van der Waals surface area contributed by atoms with Crippen LogP contribution in [0.25, 0.3) is 0 Å². The number of carbonyl (C=O) groups excluding carboxylic acids is 2. The molecule has 0 rings (SSSR count). The Morgan fingerprint density at radius 3 is 0.944 bits per heavy atom. The molecule has 0 saturated carbocycles. The number of hydrogen-bond acceptors (Lipinski definition) is 7. The summed E-state index contributed by atoms with van der Waals surface area (Å²) in [6.45, 7) is 4.29. The van der Waals surface area contributed by atoms with Crippen molar-refractivity contribution in [3.8, 4) is 0 Å². The Morgan fingerprint density at radius 1 is 0.356 bits per heavy atom. The minimum absolute atomic E-state index is 0.0209. The van der Waals surface area contributed by atoms with E-state index in [1.807, 2.05) is 21.1 Å². The summed E-state index contributed by atoms with van der Waals surface area (Å²) >= 11 is 0. The van der Waals surface area contributed by atoms with Gasteiger partial charge >= 0.3 is 19.8 Å². The lowest BCUT2D eigenvalue weighted by molar-refractivity contribution is -0.870. The van der Waals surface area contributed by atoms with Crippen LogP contribution in [0.1, 0.15) is 296 Å². The van der Waals surface area contributed by atoms with Gasteiger partial charge in [0.25, 0.3) is 0 Å². The van der Waals surface area contributed by atoms with Gasteiger partial charge in [-0.1, -0.05) is 307 Å². The van der Waals surface area contributed by atoms with Gasteiger partial charge in [-0.15, -0.1) is 0 Å². The lowest BCUT2D eigenvalue weighted by Crippen LogP contribution is -2.37. The first-order valence-corrected chi connectivity index (χ1v) is 38.1. The second-order valence-corrected chi connectivity index (χ2v) is 26.7. The number of rotatable bonds is 66. The van der Waals surface area contributed by atoms with Crippen LogP contribution >= 0.6 is 7.82 Å². The van der Waals surface area contributed by atoms with E-state index in [0.29, 0.717) is 17.4 Å². The van der Waals surface area contributed by atoms with Crippen molar-refractivity contribution in [2.75, 3.05) is 47.5 Å². The average Bonchev–Trinajstić information content (AvgIpc) is 3.58. The number of esters is 2. The number of likely N-dealkylation sites (N-methyl/N-ethyl adjacent to an activating group) is 1. The Kier molecular flexibility index (Phi) is 66.1. The molecule has 0 fully saturated rings. The number of hydrogen-bond donors (Lipinski definition) is 1. The fourth-order valence-corrected chi connectivity index (χ4v) is 10.5. The molecule has 0 heterocycles. The Morgan fingerprint density at radius 2 is 0.633 bits per heavy atom. The summed E-state index contributed by atoms with van der Waals surface area (Å²) in [5.74, 6) is -0.821. The number of unbranched alkanes of at least 4 members (excludes halogenated alkanes) is 28. The molecule has 90 heavy (non-hydrogen) atoms. The Labute approximate surface area is 554 Å². The number of ether oxygens (including phenoxy) is 2. The zero-order valence-corrected chi connectivity index (χ0v) is 59.5. The Balaban J connectivity index is 4.11. The maximum Gasteiger partial charge on any atom is 0.472 e. The van der Waals surface area contributed by atoms with Crippen LogP contribution in [0, 0.1) is 0 Å². The molecule has 0 radical (unpaired) electrons. The molecule has 9 nitrogen and oxygen atoms in total. The molecule has 0 bridgehead atoms. The molecule has 514 valence electrons. The second-order valence-electron chi connectivity index (χ2n) is 25.2. The topological polar surface area (TPSA) is 108 Å². The van der Waals surface area contributed by atoms with E-state index in [1.165, 1.54) is 141 Å². The number of carbonyl (C=O) groups is 2. The standard InChI is InChI=1S/C80H136NO8P/c1-6-8-10-12-14-16-18-20-22-24-26-28-30-32-34-36-38-40-42-44-46-48-50-52-54-56-58-60-62-64-66-68-70-72-79(82)86-76-78(77-88-90(84,85)87-75-74-81(3,4)5)89-80(83)73-71-69-67-65-63-61-59-57-55-53-51-49-47-45-43-41-39-37-35-33-31-29-27-25-23-21-19-17-15-13-11-9-7-2/h9,11,15,17-18,20-21,23-24,26-27,29-30,32-33,35,39,41,45,47,51,53,57,59,78H,6-8,10,12-14,16,19,22,25,28,31,34,36-38,40,42-44,46,48-50,52,54-56,58,60-77H2,1-5H3/p+1/b11-9-,17-15-,20-18-,23-21-,26-24-,29-27-,32-30-,35-33-,41-39-,47-45-,53-51-,59-57-. The third-order valence-corrected chi connectivity index (χ3v) is 16.3. The molecule has 0 amide bonds. The van der Waals surface area contributed by atoms with E-state index in [4.69, 9.17) is 18.5 Å². The first kappa shape index (κ1) is 85.9. The van der Waals surface area contributed by atoms with Crippen molar-refractivity contribution in [2.24, 2.45) is 0 Å². The molecule has 0 aliphatic rings. The molecule has 2 atom stereocenters. The molecule has 0 aromatic heterocycles. The van der Waals surface area contributed by atoms with Gasteiger partial charge in [-0.3, -0.25) is 18.6 Å². The van der Waals surface area contributed by atoms with Gasteiger partial charge in [-0.25, -0.2) is 4.57 Å². The summed E-state index contributed by atoms with van der Waals surface area (Å²) in [5, 5.41) is 0. The smallest absolute Gasteiger partial charge is 0.462 e. The number of allylic oxidation sites excluding steroid dienone is 24. The maximum absolute atomic E-state index is 12.9. The van der Waals surface area contributed by atoms with E-state index in [2.05, 4.69) is 160 Å². The molecule has 2 unspecified atom stereocenters. The van der Waals surface area contributed by atoms with E-state index >= 15 is 0 Å². The van der Waals surface area contributed by atoms with E-state index in [9.17, 15) is 19.0 Å². The highest BCUT2D eigenvalue weighted by Gasteiger charge is 2.27. The van der Waals surface area contributed by atoms with Crippen molar-refractivity contribution in [3.63, 3.8) is 0 Å². The van der Waals surface area contributed by atoms with Gasteiger partial charge in [0.15, 0.2) is 6.10 Å². The minimum Gasteiger partial charge on any atom is -0.462 e. The van der Waals surface area contributed by atoms with E-state index in [-0.39, 0.29) is 32.0 Å². The summed E-state index contributed by atoms with van der Waals surface area (Å²) in [6, 6.07) is 0. The van der Waals surface area contributed by atoms with Crippen molar-refractivity contribution in [1.29, 1.82) is 0 Å². The number of quaternary nitrogens is 1. The molecule has 0 spiro atoms. The Hall–Kier alpha value is -4.11. The fraction of sp³-hybridized carbons (Fsp3) is 0.675. The zero-order valence-electron chi connectivity index (χ0n) is 58.6. The normalized spacial score (nSPS) is 14.0. The van der Waals surface area contributed by atoms with Gasteiger partial charge in [-0.2, -0.15) is 0 Å². The third kappa shape index (κ3) is 72.9. The Bertz CT molecular complexity index is 2030. The molecule has 10 heteroatoms. The van der Waals surface area contributed by atoms with Crippen molar-refractivity contribution >= 4 is 19.8 Å². The molecule has 1 N–H and O–H groups in total. The number of phosphoric acid groups is 1. The van der Waals surface area contributed by atoms with Gasteiger partial charge in [0, 0.05) is 12.8 Å². The van der Waals surface area contributed by atoms with E-state index < -0.39 is 26.5 Å². The van der Waals surface area contributed by atoms with Crippen molar-refractivity contribution in [2.45, 2.75) is 302 Å². The number of nitrogens with zero attached hydrogens (tertiary/aromatic N) is 1. The second kappa shape index (κ2) is 69.2. The quantitative estimate of drug-likeness (QED) is 0.0211. The highest BCUT2D eigenvalue weighted by Crippen LogP contribution is 2.43. The largest absolute Gasteiger partial charge is 0.472 e. The van der Waals surface area contributed by atoms with Crippen molar-refractivity contribution in [3.05, 3.63) is 146 Å². The summed E-state index contributed by atoms with van der Waals surface area (Å²) in [4.78, 5) is 35.9. The highest BCUT2D eigenvalue weighted by molar-refractivity contribution is 7.47. The average molecular weight is 1270 g/mol. The van der Waals surface area contributed by atoms with Crippen LogP contribution in [0.2, 0.25) is 0 Å². The van der Waals surface area contributed by atoms with Gasteiger partial charge in [0.05, 0.1) is 27.7 Å². The van der Waals surface area contributed by atoms with Crippen LogP contribution in [0.15, 0.2) is 146 Å². The van der Waals surface area contributed by atoms with Crippen LogP contribution in [-0.4, -0.2) is 74.9 Å². The third-order valence-electron chi connectivity index (χ3n) is 15.4. The van der Waals surface area contributed by atoms with Gasteiger partial charge in [0.2, 0.25) is 0 Å². The van der Waals surface area contributed by atoms with Crippen molar-refractivity contribution < 1.29 is 42.1 Å². The van der Waals surface area contributed by atoms with Crippen LogP contribution in [0.3, 0.4) is 0 Å². The molecule has 0 aliphatic carbocycles. The minimum atomic E-state index is -4.41. The molecule has 0 aromatic rings. The van der Waals surface area contributed by atoms with Crippen LogP contribution in [-0.2, 0) is 32.7 Å². The van der Waals surface area contributed by atoms with E-state index in [0.717, 1.165) is 122 Å². The molecule has 0 saturated heterocycles. The molecule has 0 aliphatic heterocycles. The SMILES string of the molecule is CC/C=C\C/C=C\C/C=C\C/C=C\C/C=C\C/C=C\C/C=C\C/C=C\C/C=C\CCCCCCCC(=O)OC(COC(=O)CCCCCCCCCCCCCCCCCCCC/C=C\C/C=C\C/C=C\CCCCCCC)COP(=O)(O)OCC[N+](C)(C)C. The van der Waals surface area contributed by atoms with Crippen LogP contribution < -0.4 is 0 Å². The van der Waals surface area contributed by atoms with Crippen molar-refractivity contribution in [1.82, 2.24) is 0 Å². The van der Waals surface area contributed by atoms with Crippen LogP contribution in [0.5, 0.6) is 0 Å². The van der Waals surface area contributed by atoms with Crippen LogP contribution in [0.4, 0.5) is 0 Å². The molecule has 0 aromatic carbocycles. The first-order chi connectivity index (χ1) is 44.0. The van der Waals surface area contributed by atoms with Gasteiger partial charge in [0.1, 0.15) is 19.8 Å². The maximum atomic E-state index is 12.9. The lowest BCUT2D eigenvalue weighted by Gasteiger charge is -2.24. The summed E-state index contributed by atoms with van der Waals surface area (Å²) in [6.07, 6.45) is 102. The highest BCUT2D eigenvalue weighted by atomic mass is 31.2. The predicted molar refractivity (Wildman–Crippen MR) is 390 cm³/mol. The summed E-state index contributed by atoms with van der Waals surface area (Å²) in [7, 11) is 1.45.